The number of carbonyl (C=O) groups is 1. The van der Waals surface area contributed by atoms with Crippen LogP contribution in [-0.2, 0) is 0 Å². The van der Waals surface area contributed by atoms with Crippen molar-refractivity contribution < 1.29 is 9.90 Å². The third kappa shape index (κ3) is 3.28. The van der Waals surface area contributed by atoms with E-state index < -0.39 is 6.09 Å². The van der Waals surface area contributed by atoms with Crippen LogP contribution in [0.15, 0.2) is 0 Å². The van der Waals surface area contributed by atoms with Crippen LogP contribution in [-0.4, -0.2) is 34.6 Å². The van der Waals surface area contributed by atoms with E-state index in [9.17, 15) is 4.79 Å². The molecule has 0 aromatic heterocycles. The maximum Gasteiger partial charge on any atom is 0.404 e. The van der Waals surface area contributed by atoms with E-state index in [4.69, 9.17) is 5.11 Å². The first-order chi connectivity index (χ1) is 7.63. The summed E-state index contributed by atoms with van der Waals surface area (Å²) in [5.41, 5.74) is 0. The zero-order chi connectivity index (χ0) is 11.5. The molecule has 3 N–H and O–H groups in total. The minimum absolute atomic E-state index is 0.162. The van der Waals surface area contributed by atoms with Crippen LogP contribution >= 0.6 is 12.6 Å². The van der Waals surface area contributed by atoms with Crippen LogP contribution in [0.2, 0.25) is 0 Å². The monoisotopic (exact) mass is 244 g/mol. The fourth-order valence-corrected chi connectivity index (χ4v) is 3.15. The van der Waals surface area contributed by atoms with Crippen molar-refractivity contribution in [2.24, 2.45) is 0 Å². The Hall–Kier alpha value is -0.420. The van der Waals surface area contributed by atoms with Gasteiger partial charge < -0.3 is 15.7 Å². The first-order valence-corrected chi connectivity index (χ1v) is 6.58. The lowest BCUT2D eigenvalue weighted by Gasteiger charge is -2.38. The Morgan fingerprint density at radius 1 is 1.06 bits per heavy atom. The highest BCUT2D eigenvalue weighted by Gasteiger charge is 2.30. The van der Waals surface area contributed by atoms with Gasteiger partial charge in [-0.05, 0) is 38.5 Å². The van der Waals surface area contributed by atoms with Gasteiger partial charge in [0, 0.05) is 23.4 Å². The molecular weight excluding hydrogens is 224 g/mol. The van der Waals surface area contributed by atoms with Crippen LogP contribution in [0, 0.1) is 0 Å². The van der Waals surface area contributed by atoms with Gasteiger partial charge in [-0.15, -0.1) is 0 Å². The third-order valence-electron chi connectivity index (χ3n) is 3.64. The van der Waals surface area contributed by atoms with Gasteiger partial charge in [0.1, 0.15) is 0 Å². The van der Waals surface area contributed by atoms with Crippen molar-refractivity contribution in [3.05, 3.63) is 0 Å². The Kier molecular flexibility index (Phi) is 3.97. The summed E-state index contributed by atoms with van der Waals surface area (Å²) in [6, 6.07) is 1.39. The van der Waals surface area contributed by atoms with Crippen LogP contribution in [0.4, 0.5) is 4.79 Å². The van der Waals surface area contributed by atoms with Crippen LogP contribution < -0.4 is 10.6 Å². The Balaban J connectivity index is 1.63. The first kappa shape index (κ1) is 12.0. The molecule has 2 aliphatic rings. The molecule has 0 aromatic carbocycles. The summed E-state index contributed by atoms with van der Waals surface area (Å²) in [6.07, 6.45) is 5.54. The van der Waals surface area contributed by atoms with Crippen molar-refractivity contribution in [3.8, 4) is 0 Å². The van der Waals surface area contributed by atoms with E-state index in [0.29, 0.717) is 17.3 Å². The Morgan fingerprint density at radius 2 is 1.62 bits per heavy atom. The van der Waals surface area contributed by atoms with Gasteiger partial charge in [-0.3, -0.25) is 0 Å². The fourth-order valence-electron chi connectivity index (χ4n) is 2.64. The lowest BCUT2D eigenvalue weighted by molar-refractivity contribution is 0.181. The normalized spacial score (nSPS) is 38.8. The van der Waals surface area contributed by atoms with E-state index in [1.165, 1.54) is 12.8 Å². The van der Waals surface area contributed by atoms with E-state index in [0.717, 1.165) is 25.7 Å². The standard InChI is InChI=1S/C11H20N2O2S/c14-11(15)13-8-3-1-7(2-4-8)12-9-5-10(16)6-9/h7-10,12-13,16H,1-6H2,(H,14,15). The summed E-state index contributed by atoms with van der Waals surface area (Å²) in [5, 5.41) is 15.4. The van der Waals surface area contributed by atoms with Gasteiger partial charge in [0.2, 0.25) is 0 Å². The fraction of sp³-hybridized carbons (Fsp3) is 0.909. The van der Waals surface area contributed by atoms with Gasteiger partial charge in [-0.25, -0.2) is 4.79 Å². The van der Waals surface area contributed by atoms with Crippen molar-refractivity contribution in [1.29, 1.82) is 0 Å². The van der Waals surface area contributed by atoms with Crippen LogP contribution in [0.25, 0.3) is 0 Å². The SMILES string of the molecule is O=C(O)NC1CCC(NC2CC(S)C2)CC1. The van der Waals surface area contributed by atoms with Crippen molar-refractivity contribution in [3.63, 3.8) is 0 Å². The highest BCUT2D eigenvalue weighted by molar-refractivity contribution is 7.81. The molecule has 0 saturated heterocycles. The summed E-state index contributed by atoms with van der Waals surface area (Å²) >= 11 is 4.40. The molecule has 16 heavy (non-hydrogen) atoms. The number of nitrogens with one attached hydrogen (secondary N) is 2. The minimum Gasteiger partial charge on any atom is -0.465 e. The van der Waals surface area contributed by atoms with Crippen molar-refractivity contribution in [2.45, 2.75) is 61.9 Å². The highest BCUT2D eigenvalue weighted by Crippen LogP contribution is 2.27. The van der Waals surface area contributed by atoms with Gasteiger partial charge in [-0.1, -0.05) is 0 Å². The maximum absolute atomic E-state index is 10.5. The lowest BCUT2D eigenvalue weighted by Crippen LogP contribution is -2.49. The molecular formula is C11H20N2O2S. The summed E-state index contributed by atoms with van der Waals surface area (Å²) in [4.78, 5) is 10.5. The molecule has 0 heterocycles. The molecule has 0 atom stereocenters. The maximum atomic E-state index is 10.5. The van der Waals surface area contributed by atoms with Gasteiger partial charge in [0.25, 0.3) is 0 Å². The Morgan fingerprint density at radius 3 is 2.12 bits per heavy atom. The minimum atomic E-state index is -0.895. The van der Waals surface area contributed by atoms with E-state index in [1.807, 2.05) is 0 Å². The summed E-state index contributed by atoms with van der Waals surface area (Å²) < 4.78 is 0. The molecule has 92 valence electrons. The molecule has 4 nitrogen and oxygen atoms in total. The molecule has 1 amide bonds. The number of amides is 1. The summed E-state index contributed by atoms with van der Waals surface area (Å²) in [5.74, 6) is 0. The zero-order valence-electron chi connectivity index (χ0n) is 9.35. The zero-order valence-corrected chi connectivity index (χ0v) is 10.2. The second-order valence-corrected chi connectivity index (χ2v) is 5.72. The highest BCUT2D eigenvalue weighted by atomic mass is 32.1. The van der Waals surface area contributed by atoms with Gasteiger partial charge >= 0.3 is 6.09 Å². The molecule has 5 heteroatoms. The largest absolute Gasteiger partial charge is 0.465 e. The topological polar surface area (TPSA) is 61.4 Å². The molecule has 2 rings (SSSR count). The number of rotatable bonds is 3. The van der Waals surface area contributed by atoms with E-state index in [-0.39, 0.29) is 6.04 Å². The van der Waals surface area contributed by atoms with Crippen LogP contribution in [0.5, 0.6) is 0 Å². The molecule has 0 radical (unpaired) electrons. The predicted molar refractivity (Wildman–Crippen MR) is 66.1 cm³/mol. The van der Waals surface area contributed by atoms with E-state index in [1.54, 1.807) is 0 Å². The average molecular weight is 244 g/mol. The molecule has 0 bridgehead atoms. The first-order valence-electron chi connectivity index (χ1n) is 6.07. The van der Waals surface area contributed by atoms with E-state index in [2.05, 4.69) is 23.3 Å². The molecule has 2 aliphatic carbocycles. The van der Waals surface area contributed by atoms with Gasteiger partial charge in [0.05, 0.1) is 0 Å². The smallest absolute Gasteiger partial charge is 0.404 e. The van der Waals surface area contributed by atoms with Crippen molar-refractivity contribution >= 4 is 18.7 Å². The molecule has 0 spiro atoms. The Labute approximate surface area is 102 Å². The number of thiol groups is 1. The summed E-state index contributed by atoms with van der Waals surface area (Å²) in [7, 11) is 0. The van der Waals surface area contributed by atoms with Crippen LogP contribution in [0.3, 0.4) is 0 Å². The summed E-state index contributed by atoms with van der Waals surface area (Å²) in [6.45, 7) is 0. The van der Waals surface area contributed by atoms with Crippen LogP contribution in [0.1, 0.15) is 38.5 Å². The number of carboxylic acid groups (broad SMARTS) is 1. The predicted octanol–water partition coefficient (Wildman–Crippen LogP) is 1.62. The second kappa shape index (κ2) is 5.27. The number of hydrogen-bond acceptors (Lipinski definition) is 3. The quantitative estimate of drug-likeness (QED) is 0.571. The molecule has 0 aromatic rings. The van der Waals surface area contributed by atoms with Crippen molar-refractivity contribution in [2.75, 3.05) is 0 Å². The lowest BCUT2D eigenvalue weighted by atomic mass is 9.87. The van der Waals surface area contributed by atoms with Gasteiger partial charge in [-0.2, -0.15) is 12.6 Å². The molecule has 2 fully saturated rings. The number of hydrogen-bond donors (Lipinski definition) is 4. The molecule has 0 unspecified atom stereocenters. The average Bonchev–Trinajstić information content (AvgIpc) is 2.18. The molecule has 0 aliphatic heterocycles. The van der Waals surface area contributed by atoms with Crippen molar-refractivity contribution in [1.82, 2.24) is 10.6 Å². The van der Waals surface area contributed by atoms with E-state index >= 15 is 0 Å². The second-order valence-electron chi connectivity index (χ2n) is 4.99. The molecule has 2 saturated carbocycles. The Bertz CT molecular complexity index is 248. The third-order valence-corrected chi connectivity index (χ3v) is 4.06. The van der Waals surface area contributed by atoms with Gasteiger partial charge in [0.15, 0.2) is 0 Å².